The summed E-state index contributed by atoms with van der Waals surface area (Å²) in [5.41, 5.74) is 1.57. The highest BCUT2D eigenvalue weighted by atomic mass is 35.5. The smallest absolute Gasteiger partial charge is 0.264 e. The van der Waals surface area contributed by atoms with Gasteiger partial charge in [0.15, 0.2) is 0 Å². The number of halogens is 3. The van der Waals surface area contributed by atoms with Crippen molar-refractivity contribution in [1.82, 2.24) is 10.2 Å². The average molecular weight is 625 g/mol. The molecular weight excluding hydrogens is 593 g/mol. The number of hydrogen-bond donors (Lipinski definition) is 1. The van der Waals surface area contributed by atoms with Crippen LogP contribution in [0, 0.1) is 6.92 Å². The maximum Gasteiger partial charge on any atom is 0.264 e. The molecule has 0 aliphatic rings. The van der Waals surface area contributed by atoms with Crippen molar-refractivity contribution in [2.45, 2.75) is 51.1 Å². The minimum Gasteiger partial charge on any atom is -0.354 e. The molecule has 3 aromatic rings. The number of nitrogens with zero attached hydrogens (tertiary/aromatic N) is 2. The Kier molecular flexibility index (Phi) is 11.3. The Morgan fingerprint density at radius 2 is 1.60 bits per heavy atom. The molecule has 11 heteroatoms. The third kappa shape index (κ3) is 7.91. The maximum absolute atomic E-state index is 14.0. The van der Waals surface area contributed by atoms with Crippen LogP contribution in [0.1, 0.15) is 37.8 Å². The number of para-hydroxylation sites is 1. The molecule has 1 unspecified atom stereocenters. The topological polar surface area (TPSA) is 86.8 Å². The molecule has 0 saturated carbocycles. The van der Waals surface area contributed by atoms with Gasteiger partial charge in [0.1, 0.15) is 12.6 Å². The molecular formula is C29H32Cl3N3O4S. The number of aryl methyl sites for hydroxylation is 1. The second-order valence-electron chi connectivity index (χ2n) is 9.33. The summed E-state index contributed by atoms with van der Waals surface area (Å²) in [4.78, 5) is 28.3. The van der Waals surface area contributed by atoms with Crippen molar-refractivity contribution in [3.63, 3.8) is 0 Å². The van der Waals surface area contributed by atoms with Crippen LogP contribution in [0.4, 0.5) is 5.69 Å². The second kappa shape index (κ2) is 14.2. The van der Waals surface area contributed by atoms with Crippen LogP contribution in [0.15, 0.2) is 71.6 Å². The zero-order valence-corrected chi connectivity index (χ0v) is 25.6. The molecule has 0 radical (unpaired) electrons. The van der Waals surface area contributed by atoms with E-state index in [1.807, 2.05) is 6.92 Å². The first kappa shape index (κ1) is 31.7. The van der Waals surface area contributed by atoms with E-state index in [0.717, 1.165) is 17.1 Å². The number of anilines is 1. The van der Waals surface area contributed by atoms with E-state index in [-0.39, 0.29) is 17.3 Å². The lowest BCUT2D eigenvalue weighted by atomic mass is 10.1. The first-order chi connectivity index (χ1) is 18.9. The van der Waals surface area contributed by atoms with Crippen LogP contribution in [0.5, 0.6) is 0 Å². The number of benzene rings is 3. The van der Waals surface area contributed by atoms with Gasteiger partial charge in [0, 0.05) is 28.2 Å². The molecule has 0 fully saturated rings. The highest BCUT2D eigenvalue weighted by Crippen LogP contribution is 2.29. The third-order valence-corrected chi connectivity index (χ3v) is 9.03. The molecule has 40 heavy (non-hydrogen) atoms. The van der Waals surface area contributed by atoms with E-state index in [1.54, 1.807) is 56.3 Å². The van der Waals surface area contributed by atoms with Gasteiger partial charge in [-0.1, -0.05) is 72.4 Å². The second-order valence-corrected chi connectivity index (χ2v) is 12.5. The van der Waals surface area contributed by atoms with Crippen molar-refractivity contribution < 1.29 is 18.0 Å². The molecule has 0 aliphatic heterocycles. The van der Waals surface area contributed by atoms with Crippen LogP contribution in [0.25, 0.3) is 0 Å². The van der Waals surface area contributed by atoms with Crippen LogP contribution < -0.4 is 9.62 Å². The van der Waals surface area contributed by atoms with E-state index in [4.69, 9.17) is 34.8 Å². The SMILES string of the molecule is CCCCNC(=O)C(C)N(Cc1ccc(Cl)cc1Cl)C(=O)CN(c1ccccc1C)S(=O)(=O)c1ccc(Cl)cc1. The lowest BCUT2D eigenvalue weighted by Crippen LogP contribution is -2.51. The largest absolute Gasteiger partial charge is 0.354 e. The summed E-state index contributed by atoms with van der Waals surface area (Å²) in [7, 11) is -4.19. The molecule has 0 aromatic heterocycles. The molecule has 1 atom stereocenters. The van der Waals surface area contributed by atoms with Gasteiger partial charge in [0.25, 0.3) is 10.0 Å². The predicted molar refractivity (Wildman–Crippen MR) is 162 cm³/mol. The Labute approximate surface area is 251 Å². The van der Waals surface area contributed by atoms with E-state index in [9.17, 15) is 18.0 Å². The van der Waals surface area contributed by atoms with Gasteiger partial charge in [0.05, 0.1) is 10.6 Å². The highest BCUT2D eigenvalue weighted by molar-refractivity contribution is 7.92. The van der Waals surface area contributed by atoms with Crippen molar-refractivity contribution in [3.05, 3.63) is 92.9 Å². The van der Waals surface area contributed by atoms with Gasteiger partial charge in [0.2, 0.25) is 11.8 Å². The Bertz CT molecular complexity index is 1450. The maximum atomic E-state index is 14.0. The van der Waals surface area contributed by atoms with Crippen molar-refractivity contribution in [3.8, 4) is 0 Å². The number of hydrogen-bond acceptors (Lipinski definition) is 4. The van der Waals surface area contributed by atoms with Gasteiger partial charge in [-0.05, 0) is 73.9 Å². The van der Waals surface area contributed by atoms with Crippen molar-refractivity contribution >= 4 is 62.3 Å². The summed E-state index contributed by atoms with van der Waals surface area (Å²) >= 11 is 18.5. The fourth-order valence-electron chi connectivity index (χ4n) is 4.04. The number of unbranched alkanes of at least 4 members (excludes halogenated alkanes) is 1. The van der Waals surface area contributed by atoms with Crippen LogP contribution >= 0.6 is 34.8 Å². The Hall–Kier alpha value is -2.78. The number of rotatable bonds is 12. The summed E-state index contributed by atoms with van der Waals surface area (Å²) < 4.78 is 28.8. The number of carbonyl (C=O) groups excluding carboxylic acids is 2. The van der Waals surface area contributed by atoms with E-state index in [1.165, 1.54) is 29.2 Å². The fourth-order valence-corrected chi connectivity index (χ4v) is 6.12. The molecule has 1 N–H and O–H groups in total. The average Bonchev–Trinajstić information content (AvgIpc) is 2.91. The van der Waals surface area contributed by atoms with Gasteiger partial charge < -0.3 is 10.2 Å². The molecule has 0 aliphatic carbocycles. The molecule has 3 aromatic carbocycles. The van der Waals surface area contributed by atoms with Crippen molar-refractivity contribution in [2.75, 3.05) is 17.4 Å². The number of nitrogens with one attached hydrogen (secondary N) is 1. The Morgan fingerprint density at radius 1 is 0.950 bits per heavy atom. The molecule has 0 saturated heterocycles. The summed E-state index contributed by atoms with van der Waals surface area (Å²) in [6.07, 6.45) is 1.68. The Morgan fingerprint density at radius 3 is 2.23 bits per heavy atom. The summed E-state index contributed by atoms with van der Waals surface area (Å²) in [6.45, 7) is 5.26. The predicted octanol–water partition coefficient (Wildman–Crippen LogP) is 6.48. The lowest BCUT2D eigenvalue weighted by molar-refractivity contribution is -0.139. The molecule has 2 amide bonds. The minimum absolute atomic E-state index is 0.0226. The summed E-state index contributed by atoms with van der Waals surface area (Å²) in [6, 6.07) is 16.6. The number of sulfonamides is 1. The summed E-state index contributed by atoms with van der Waals surface area (Å²) in [5, 5.41) is 3.99. The van der Waals surface area contributed by atoms with Crippen molar-refractivity contribution in [2.24, 2.45) is 0 Å². The highest BCUT2D eigenvalue weighted by Gasteiger charge is 2.33. The van der Waals surface area contributed by atoms with Gasteiger partial charge in [-0.25, -0.2) is 8.42 Å². The molecule has 0 spiro atoms. The van der Waals surface area contributed by atoms with Gasteiger partial charge in [-0.15, -0.1) is 0 Å². The minimum atomic E-state index is -4.19. The van der Waals surface area contributed by atoms with Crippen LogP contribution in [-0.4, -0.2) is 44.3 Å². The normalized spacial score (nSPS) is 12.1. The standard InChI is InChI=1S/C29H32Cl3N3O4S/c1-4-5-16-33-29(37)21(3)34(18-22-10-11-24(31)17-26(22)32)28(36)19-35(27-9-7-6-8-20(27)2)40(38,39)25-14-12-23(30)13-15-25/h6-15,17,21H,4-5,16,18-19H2,1-3H3,(H,33,37). The molecule has 7 nitrogen and oxygen atoms in total. The van der Waals surface area contributed by atoms with E-state index in [2.05, 4.69) is 5.32 Å². The van der Waals surface area contributed by atoms with Crippen molar-refractivity contribution in [1.29, 1.82) is 0 Å². The number of amides is 2. The fraction of sp³-hybridized carbons (Fsp3) is 0.310. The first-order valence-electron chi connectivity index (χ1n) is 12.8. The van der Waals surface area contributed by atoms with Crippen LogP contribution in [0.2, 0.25) is 15.1 Å². The van der Waals surface area contributed by atoms with Gasteiger partial charge in [-0.3, -0.25) is 13.9 Å². The summed E-state index contributed by atoms with van der Waals surface area (Å²) in [5.74, 6) is -0.931. The number of carbonyl (C=O) groups is 2. The molecule has 0 heterocycles. The third-order valence-electron chi connectivity index (χ3n) is 6.42. The molecule has 214 valence electrons. The molecule has 3 rings (SSSR count). The van der Waals surface area contributed by atoms with Gasteiger partial charge >= 0.3 is 0 Å². The van der Waals surface area contributed by atoms with Crippen LogP contribution in [0.3, 0.4) is 0 Å². The lowest BCUT2D eigenvalue weighted by Gasteiger charge is -2.32. The first-order valence-corrected chi connectivity index (χ1v) is 15.4. The Balaban J connectivity index is 2.03. The van der Waals surface area contributed by atoms with E-state index < -0.39 is 28.5 Å². The van der Waals surface area contributed by atoms with E-state index >= 15 is 0 Å². The van der Waals surface area contributed by atoms with Crippen LogP contribution in [-0.2, 0) is 26.2 Å². The quantitative estimate of drug-likeness (QED) is 0.234. The molecule has 0 bridgehead atoms. The van der Waals surface area contributed by atoms with E-state index in [0.29, 0.717) is 38.4 Å². The zero-order valence-electron chi connectivity index (χ0n) is 22.5. The van der Waals surface area contributed by atoms with Gasteiger partial charge in [-0.2, -0.15) is 0 Å². The monoisotopic (exact) mass is 623 g/mol. The zero-order chi connectivity index (χ0) is 29.4.